The fourth-order valence-electron chi connectivity index (χ4n) is 1.71. The van der Waals surface area contributed by atoms with E-state index in [0.717, 1.165) is 23.0 Å². The molecule has 0 aliphatic carbocycles. The molecule has 0 spiro atoms. The van der Waals surface area contributed by atoms with Crippen LogP contribution in [0.25, 0.3) is 10.9 Å². The van der Waals surface area contributed by atoms with Gasteiger partial charge in [0.2, 0.25) is 0 Å². The molecule has 1 aromatic carbocycles. The first-order valence-corrected chi connectivity index (χ1v) is 5.29. The Morgan fingerprint density at radius 2 is 2.13 bits per heavy atom. The smallest absolute Gasteiger partial charge is 0.0709 e. The van der Waals surface area contributed by atoms with Crippen LogP contribution >= 0.6 is 0 Å². The van der Waals surface area contributed by atoms with Crippen LogP contribution in [0.4, 0.5) is 5.69 Å². The summed E-state index contributed by atoms with van der Waals surface area (Å²) in [4.78, 5) is 0. The first-order chi connectivity index (χ1) is 7.06. The number of aromatic nitrogens is 2. The Balaban J connectivity index is 2.69. The average molecular weight is 203 g/mol. The van der Waals surface area contributed by atoms with Crippen molar-refractivity contribution in [2.75, 3.05) is 5.73 Å². The lowest BCUT2D eigenvalue weighted by Crippen LogP contribution is -2.26. The Labute approximate surface area is 89.9 Å². The van der Waals surface area contributed by atoms with E-state index in [-0.39, 0.29) is 5.54 Å². The minimum Gasteiger partial charge on any atom is -0.398 e. The number of nitrogens with two attached hydrogens (primary N) is 1. The van der Waals surface area contributed by atoms with Gasteiger partial charge in [0.1, 0.15) is 0 Å². The first kappa shape index (κ1) is 10.0. The minimum absolute atomic E-state index is 0.0372. The van der Waals surface area contributed by atoms with Gasteiger partial charge in [-0.05, 0) is 32.4 Å². The van der Waals surface area contributed by atoms with Crippen LogP contribution in [0, 0.1) is 0 Å². The van der Waals surface area contributed by atoms with Gasteiger partial charge in [-0.2, -0.15) is 5.10 Å². The molecule has 2 aromatic rings. The second kappa shape index (κ2) is 3.26. The van der Waals surface area contributed by atoms with Gasteiger partial charge in [-0.3, -0.25) is 4.68 Å². The van der Waals surface area contributed by atoms with E-state index in [9.17, 15) is 0 Å². The van der Waals surface area contributed by atoms with Crippen LogP contribution in [-0.4, -0.2) is 9.78 Å². The number of benzene rings is 1. The zero-order chi connectivity index (χ0) is 11.1. The fraction of sp³-hybridized carbons (Fsp3) is 0.417. The van der Waals surface area contributed by atoms with Crippen molar-refractivity contribution in [2.24, 2.45) is 0 Å². The molecular formula is C12H17N3. The van der Waals surface area contributed by atoms with Gasteiger partial charge in [-0.1, -0.05) is 13.0 Å². The standard InChI is InChI=1S/C12H17N3/c1-4-12(2,3)15-11-7-5-6-10(13)9(11)8-14-15/h5-8H,4,13H2,1-3H3. The molecule has 0 aliphatic rings. The molecule has 3 heteroatoms. The monoisotopic (exact) mass is 203 g/mol. The summed E-state index contributed by atoms with van der Waals surface area (Å²) in [6.07, 6.45) is 2.89. The van der Waals surface area contributed by atoms with E-state index in [2.05, 4.69) is 36.6 Å². The number of nitrogens with zero attached hydrogens (tertiary/aromatic N) is 2. The molecule has 3 nitrogen and oxygen atoms in total. The van der Waals surface area contributed by atoms with Crippen molar-refractivity contribution < 1.29 is 0 Å². The maximum atomic E-state index is 5.90. The number of nitrogen functional groups attached to an aromatic ring is 1. The van der Waals surface area contributed by atoms with E-state index in [1.807, 2.05) is 18.3 Å². The second-order valence-electron chi connectivity index (χ2n) is 4.50. The van der Waals surface area contributed by atoms with Gasteiger partial charge in [0.05, 0.1) is 17.3 Å². The maximum absolute atomic E-state index is 5.90. The summed E-state index contributed by atoms with van der Waals surface area (Å²) in [5.41, 5.74) is 7.85. The number of rotatable bonds is 2. The van der Waals surface area contributed by atoms with Crippen LogP contribution in [-0.2, 0) is 5.54 Å². The Kier molecular flexibility index (Phi) is 2.18. The van der Waals surface area contributed by atoms with Crippen LogP contribution in [0.1, 0.15) is 27.2 Å². The molecule has 0 bridgehead atoms. The van der Waals surface area contributed by atoms with E-state index in [4.69, 9.17) is 5.73 Å². The summed E-state index contributed by atoms with van der Waals surface area (Å²) < 4.78 is 2.05. The predicted octanol–water partition coefficient (Wildman–Crippen LogP) is 2.76. The quantitative estimate of drug-likeness (QED) is 0.763. The van der Waals surface area contributed by atoms with Gasteiger partial charge < -0.3 is 5.73 Å². The Morgan fingerprint density at radius 3 is 2.80 bits per heavy atom. The zero-order valence-corrected chi connectivity index (χ0v) is 9.49. The molecule has 2 N–H and O–H groups in total. The minimum atomic E-state index is 0.0372. The molecule has 0 radical (unpaired) electrons. The third kappa shape index (κ3) is 1.48. The Hall–Kier alpha value is -1.51. The van der Waals surface area contributed by atoms with Crippen LogP contribution < -0.4 is 5.73 Å². The highest BCUT2D eigenvalue weighted by atomic mass is 15.3. The van der Waals surface area contributed by atoms with Gasteiger partial charge in [-0.25, -0.2) is 0 Å². The highest BCUT2D eigenvalue weighted by Crippen LogP contribution is 2.27. The summed E-state index contributed by atoms with van der Waals surface area (Å²) in [5.74, 6) is 0. The maximum Gasteiger partial charge on any atom is 0.0709 e. The molecule has 1 heterocycles. The van der Waals surface area contributed by atoms with E-state index < -0.39 is 0 Å². The van der Waals surface area contributed by atoms with Crippen molar-refractivity contribution in [1.29, 1.82) is 0 Å². The molecule has 1 aromatic heterocycles. The predicted molar refractivity (Wildman–Crippen MR) is 63.8 cm³/mol. The number of fused-ring (bicyclic) bond motifs is 1. The first-order valence-electron chi connectivity index (χ1n) is 5.29. The lowest BCUT2D eigenvalue weighted by atomic mass is 10.0. The zero-order valence-electron chi connectivity index (χ0n) is 9.49. The molecule has 0 saturated carbocycles. The average Bonchev–Trinajstić information content (AvgIpc) is 2.63. The van der Waals surface area contributed by atoms with Crippen molar-refractivity contribution in [3.05, 3.63) is 24.4 Å². The van der Waals surface area contributed by atoms with E-state index >= 15 is 0 Å². The third-order valence-corrected chi connectivity index (χ3v) is 3.09. The molecule has 0 saturated heterocycles. The lowest BCUT2D eigenvalue weighted by Gasteiger charge is -2.24. The molecular weight excluding hydrogens is 186 g/mol. The molecule has 0 amide bonds. The second-order valence-corrected chi connectivity index (χ2v) is 4.50. The lowest BCUT2D eigenvalue weighted by molar-refractivity contribution is 0.319. The van der Waals surface area contributed by atoms with E-state index in [0.29, 0.717) is 0 Å². The number of hydrogen-bond acceptors (Lipinski definition) is 2. The van der Waals surface area contributed by atoms with Crippen molar-refractivity contribution in [3.63, 3.8) is 0 Å². The van der Waals surface area contributed by atoms with Crippen LogP contribution in [0.3, 0.4) is 0 Å². The van der Waals surface area contributed by atoms with E-state index in [1.165, 1.54) is 0 Å². The van der Waals surface area contributed by atoms with Gasteiger partial charge >= 0.3 is 0 Å². The van der Waals surface area contributed by atoms with E-state index in [1.54, 1.807) is 0 Å². The Bertz CT molecular complexity index is 483. The topological polar surface area (TPSA) is 43.8 Å². The normalized spacial score (nSPS) is 12.2. The summed E-state index contributed by atoms with van der Waals surface area (Å²) in [7, 11) is 0. The van der Waals surface area contributed by atoms with Gasteiger partial charge in [0.25, 0.3) is 0 Å². The molecule has 0 unspecified atom stereocenters. The molecule has 80 valence electrons. The van der Waals surface area contributed by atoms with Gasteiger partial charge in [0.15, 0.2) is 0 Å². The highest BCUT2D eigenvalue weighted by Gasteiger charge is 2.20. The van der Waals surface area contributed by atoms with Crippen molar-refractivity contribution in [3.8, 4) is 0 Å². The summed E-state index contributed by atoms with van der Waals surface area (Å²) in [5, 5.41) is 5.48. The van der Waals surface area contributed by atoms with Crippen molar-refractivity contribution in [2.45, 2.75) is 32.7 Å². The molecule has 15 heavy (non-hydrogen) atoms. The van der Waals surface area contributed by atoms with Gasteiger partial charge in [-0.15, -0.1) is 0 Å². The van der Waals surface area contributed by atoms with Crippen LogP contribution in [0.15, 0.2) is 24.4 Å². The molecule has 0 atom stereocenters. The number of anilines is 1. The fourth-order valence-corrected chi connectivity index (χ4v) is 1.71. The Morgan fingerprint density at radius 1 is 1.40 bits per heavy atom. The van der Waals surface area contributed by atoms with Gasteiger partial charge in [0, 0.05) is 11.1 Å². The van der Waals surface area contributed by atoms with Crippen LogP contribution in [0.2, 0.25) is 0 Å². The third-order valence-electron chi connectivity index (χ3n) is 3.09. The summed E-state index contributed by atoms with van der Waals surface area (Å²) >= 11 is 0. The largest absolute Gasteiger partial charge is 0.398 e. The summed E-state index contributed by atoms with van der Waals surface area (Å²) in [6.45, 7) is 6.53. The van der Waals surface area contributed by atoms with Crippen molar-refractivity contribution >= 4 is 16.6 Å². The molecule has 0 fully saturated rings. The van der Waals surface area contributed by atoms with Crippen LogP contribution in [0.5, 0.6) is 0 Å². The molecule has 0 aliphatic heterocycles. The highest BCUT2D eigenvalue weighted by molar-refractivity contribution is 5.90. The molecule has 2 rings (SSSR count). The number of hydrogen-bond donors (Lipinski definition) is 1. The summed E-state index contributed by atoms with van der Waals surface area (Å²) in [6, 6.07) is 5.95. The SMILES string of the molecule is CCC(C)(C)n1ncc2c(N)cccc21. The van der Waals surface area contributed by atoms with Crippen molar-refractivity contribution in [1.82, 2.24) is 9.78 Å².